The number of carboxylic acids is 1. The molecule has 24 heavy (non-hydrogen) atoms. The molecule has 7 nitrogen and oxygen atoms in total. The van der Waals surface area contributed by atoms with Crippen molar-refractivity contribution in [1.82, 2.24) is 5.32 Å². The third-order valence-electron chi connectivity index (χ3n) is 3.84. The first kappa shape index (κ1) is 15.5. The monoisotopic (exact) mass is 325 g/mol. The summed E-state index contributed by atoms with van der Waals surface area (Å²) in [7, 11) is 0. The molecule has 0 spiro atoms. The number of aromatic carboxylic acids is 1. The molecule has 1 atom stereocenters. The van der Waals surface area contributed by atoms with Gasteiger partial charge in [0.25, 0.3) is 5.91 Å². The molecule has 2 aromatic rings. The fourth-order valence-electron chi connectivity index (χ4n) is 2.75. The van der Waals surface area contributed by atoms with Crippen molar-refractivity contribution in [3.8, 4) is 0 Å². The van der Waals surface area contributed by atoms with Gasteiger partial charge < -0.3 is 21.1 Å². The van der Waals surface area contributed by atoms with E-state index in [2.05, 4.69) is 5.32 Å². The minimum atomic E-state index is -1.03. The first-order chi connectivity index (χ1) is 11.5. The second-order valence-electron chi connectivity index (χ2n) is 5.41. The number of fused-ring (bicyclic) bond motifs is 1. The Balaban J connectivity index is 2.04. The van der Waals surface area contributed by atoms with E-state index in [1.165, 1.54) is 12.1 Å². The second-order valence-corrected chi connectivity index (χ2v) is 5.41. The van der Waals surface area contributed by atoms with E-state index in [1.807, 2.05) is 0 Å². The Morgan fingerprint density at radius 1 is 1.12 bits per heavy atom. The summed E-state index contributed by atoms with van der Waals surface area (Å²) in [5.74, 6) is -1.83. The standard InChI is InChI=1S/C17H15N3O4/c18-14(21)9-20-13-4-2-1-3-12(13)16(22)19-15(20)10-5-7-11(8-6-10)17(23)24/h1-8,15H,9H2,(H2,18,21)(H,19,22)(H,23,24). The van der Waals surface area contributed by atoms with E-state index in [0.29, 0.717) is 16.8 Å². The number of rotatable bonds is 4. The Hall–Kier alpha value is -3.35. The van der Waals surface area contributed by atoms with E-state index < -0.39 is 18.0 Å². The molecule has 0 bridgehead atoms. The van der Waals surface area contributed by atoms with Crippen LogP contribution in [-0.4, -0.2) is 29.4 Å². The van der Waals surface area contributed by atoms with Crippen molar-refractivity contribution in [2.75, 3.05) is 11.4 Å². The van der Waals surface area contributed by atoms with Crippen LogP contribution in [0.1, 0.15) is 32.4 Å². The molecule has 2 aromatic carbocycles. The van der Waals surface area contributed by atoms with E-state index in [1.54, 1.807) is 41.3 Å². The van der Waals surface area contributed by atoms with E-state index >= 15 is 0 Å². The minimum Gasteiger partial charge on any atom is -0.478 e. The van der Waals surface area contributed by atoms with Gasteiger partial charge in [-0.25, -0.2) is 4.79 Å². The summed E-state index contributed by atoms with van der Waals surface area (Å²) in [6, 6.07) is 13.0. The zero-order valence-electron chi connectivity index (χ0n) is 12.6. The van der Waals surface area contributed by atoms with Gasteiger partial charge in [0.15, 0.2) is 0 Å². The molecule has 3 rings (SSSR count). The number of carbonyl (C=O) groups excluding carboxylic acids is 2. The lowest BCUT2D eigenvalue weighted by atomic mass is 10.0. The second kappa shape index (κ2) is 6.04. The molecule has 1 aliphatic rings. The molecule has 0 fully saturated rings. The molecule has 1 heterocycles. The number of amides is 2. The van der Waals surface area contributed by atoms with E-state index in [4.69, 9.17) is 10.8 Å². The summed E-state index contributed by atoms with van der Waals surface area (Å²) in [6.45, 7) is -0.0807. The fraction of sp³-hybridized carbons (Fsp3) is 0.118. The fourth-order valence-corrected chi connectivity index (χ4v) is 2.75. The zero-order valence-corrected chi connectivity index (χ0v) is 12.6. The number of hydrogen-bond donors (Lipinski definition) is 3. The van der Waals surface area contributed by atoms with Crippen LogP contribution in [0.25, 0.3) is 0 Å². The molecule has 1 unspecified atom stereocenters. The Morgan fingerprint density at radius 3 is 2.42 bits per heavy atom. The van der Waals surface area contributed by atoms with Gasteiger partial charge in [-0.05, 0) is 29.8 Å². The van der Waals surface area contributed by atoms with E-state index in [0.717, 1.165) is 0 Å². The number of carboxylic acid groups (broad SMARTS) is 1. The number of primary amides is 1. The molecule has 4 N–H and O–H groups in total. The van der Waals surface area contributed by atoms with E-state index in [9.17, 15) is 14.4 Å². The smallest absolute Gasteiger partial charge is 0.335 e. The number of carbonyl (C=O) groups is 3. The maximum absolute atomic E-state index is 12.3. The molecule has 0 aliphatic carbocycles. The Bertz CT molecular complexity index is 817. The van der Waals surface area contributed by atoms with Crippen LogP contribution in [0.4, 0.5) is 5.69 Å². The van der Waals surface area contributed by atoms with Crippen molar-refractivity contribution in [3.05, 3.63) is 65.2 Å². The van der Waals surface area contributed by atoms with Gasteiger partial charge in [-0.3, -0.25) is 9.59 Å². The molecule has 7 heteroatoms. The maximum atomic E-state index is 12.3. The van der Waals surface area contributed by atoms with Crippen LogP contribution in [0.2, 0.25) is 0 Å². The van der Waals surface area contributed by atoms with Gasteiger partial charge >= 0.3 is 5.97 Å². The number of para-hydroxylation sites is 1. The number of nitrogens with two attached hydrogens (primary N) is 1. The number of benzene rings is 2. The van der Waals surface area contributed by atoms with Gasteiger partial charge in [-0.15, -0.1) is 0 Å². The summed E-state index contributed by atoms with van der Waals surface area (Å²) >= 11 is 0. The molecule has 0 radical (unpaired) electrons. The molecule has 2 amide bonds. The summed E-state index contributed by atoms with van der Waals surface area (Å²) < 4.78 is 0. The number of nitrogens with zero attached hydrogens (tertiary/aromatic N) is 1. The highest BCUT2D eigenvalue weighted by Gasteiger charge is 2.32. The molecule has 0 aromatic heterocycles. The zero-order chi connectivity index (χ0) is 17.3. The SMILES string of the molecule is NC(=O)CN1c2ccccc2C(=O)NC1c1ccc(C(=O)O)cc1. The van der Waals surface area contributed by atoms with Crippen LogP contribution < -0.4 is 16.0 Å². The van der Waals surface area contributed by atoms with Crippen molar-refractivity contribution in [2.45, 2.75) is 6.17 Å². The molecule has 122 valence electrons. The predicted octanol–water partition coefficient (Wildman–Crippen LogP) is 1.12. The van der Waals surface area contributed by atoms with Crippen LogP contribution in [0.5, 0.6) is 0 Å². The van der Waals surface area contributed by atoms with Crippen molar-refractivity contribution in [3.63, 3.8) is 0 Å². The Kier molecular flexibility index (Phi) is 3.91. The molecule has 0 saturated heterocycles. The first-order valence-electron chi connectivity index (χ1n) is 7.25. The summed E-state index contributed by atoms with van der Waals surface area (Å²) in [5, 5.41) is 11.8. The van der Waals surface area contributed by atoms with Crippen molar-refractivity contribution in [2.24, 2.45) is 5.73 Å². The average Bonchev–Trinajstić information content (AvgIpc) is 2.57. The molecule has 0 saturated carbocycles. The van der Waals surface area contributed by atoms with Gasteiger partial charge in [0.2, 0.25) is 5.91 Å². The topological polar surface area (TPSA) is 113 Å². The molecular formula is C17H15N3O4. The first-order valence-corrected chi connectivity index (χ1v) is 7.25. The van der Waals surface area contributed by atoms with Crippen LogP contribution in [0.3, 0.4) is 0 Å². The van der Waals surface area contributed by atoms with Gasteiger partial charge in [0.1, 0.15) is 6.17 Å². The minimum absolute atomic E-state index is 0.0807. The lowest BCUT2D eigenvalue weighted by molar-refractivity contribution is -0.116. The quantitative estimate of drug-likeness (QED) is 0.779. The Morgan fingerprint density at radius 2 is 1.79 bits per heavy atom. The third kappa shape index (κ3) is 2.79. The highest BCUT2D eigenvalue weighted by atomic mass is 16.4. The normalized spacial score (nSPS) is 16.2. The third-order valence-corrected chi connectivity index (χ3v) is 3.84. The lowest BCUT2D eigenvalue weighted by Crippen LogP contribution is -2.49. The largest absolute Gasteiger partial charge is 0.478 e. The highest BCUT2D eigenvalue weighted by molar-refractivity contribution is 6.02. The molecule has 1 aliphatic heterocycles. The van der Waals surface area contributed by atoms with Crippen LogP contribution in [0, 0.1) is 0 Å². The average molecular weight is 325 g/mol. The number of nitrogens with one attached hydrogen (secondary N) is 1. The maximum Gasteiger partial charge on any atom is 0.335 e. The van der Waals surface area contributed by atoms with Gasteiger partial charge in [0, 0.05) is 0 Å². The van der Waals surface area contributed by atoms with Gasteiger partial charge in [0.05, 0.1) is 23.4 Å². The van der Waals surface area contributed by atoms with Crippen LogP contribution in [0.15, 0.2) is 48.5 Å². The Labute approximate surface area is 137 Å². The summed E-state index contributed by atoms with van der Waals surface area (Å²) in [4.78, 5) is 36.5. The van der Waals surface area contributed by atoms with Crippen molar-refractivity contribution >= 4 is 23.5 Å². The summed E-state index contributed by atoms with van der Waals surface area (Å²) in [6.07, 6.45) is -0.609. The lowest BCUT2D eigenvalue weighted by Gasteiger charge is -2.38. The van der Waals surface area contributed by atoms with Gasteiger partial charge in [-0.1, -0.05) is 24.3 Å². The number of hydrogen-bond acceptors (Lipinski definition) is 4. The summed E-state index contributed by atoms with van der Waals surface area (Å²) in [5.41, 5.74) is 7.21. The molecular weight excluding hydrogens is 310 g/mol. The predicted molar refractivity (Wildman–Crippen MR) is 86.6 cm³/mol. The van der Waals surface area contributed by atoms with Crippen molar-refractivity contribution in [1.29, 1.82) is 0 Å². The number of anilines is 1. The highest BCUT2D eigenvalue weighted by Crippen LogP contribution is 2.32. The van der Waals surface area contributed by atoms with E-state index in [-0.39, 0.29) is 18.0 Å². The van der Waals surface area contributed by atoms with Crippen LogP contribution in [-0.2, 0) is 4.79 Å². The van der Waals surface area contributed by atoms with Crippen LogP contribution >= 0.6 is 0 Å². The van der Waals surface area contributed by atoms with Crippen molar-refractivity contribution < 1.29 is 19.5 Å². The van der Waals surface area contributed by atoms with Gasteiger partial charge in [-0.2, -0.15) is 0 Å².